The SMILES string of the molecule is COC[C@@H](NC(=O)O)c1cc(C#N)cs1. The molecule has 0 saturated heterocycles. The third-order valence-corrected chi connectivity index (χ3v) is 2.77. The molecule has 0 aliphatic rings. The van der Waals surface area contributed by atoms with Crippen molar-refractivity contribution in [1.82, 2.24) is 5.32 Å². The number of amides is 1. The summed E-state index contributed by atoms with van der Waals surface area (Å²) in [5, 5.41) is 21.3. The molecular formula is C9H10N2O3S. The van der Waals surface area contributed by atoms with Crippen molar-refractivity contribution in [2.45, 2.75) is 6.04 Å². The van der Waals surface area contributed by atoms with Crippen LogP contribution in [-0.2, 0) is 4.74 Å². The summed E-state index contributed by atoms with van der Waals surface area (Å²) in [6.45, 7) is 0.248. The third kappa shape index (κ3) is 3.23. The summed E-state index contributed by atoms with van der Waals surface area (Å²) in [7, 11) is 1.50. The smallest absolute Gasteiger partial charge is 0.405 e. The summed E-state index contributed by atoms with van der Waals surface area (Å²) >= 11 is 1.34. The first-order valence-corrected chi connectivity index (χ1v) is 5.02. The largest absolute Gasteiger partial charge is 0.465 e. The fraction of sp³-hybridized carbons (Fsp3) is 0.333. The Morgan fingerprint density at radius 1 is 1.87 bits per heavy atom. The second kappa shape index (κ2) is 5.34. The average Bonchev–Trinajstić information content (AvgIpc) is 2.64. The molecule has 0 spiro atoms. The second-order valence-corrected chi connectivity index (χ2v) is 3.75. The quantitative estimate of drug-likeness (QED) is 0.816. The summed E-state index contributed by atoms with van der Waals surface area (Å²) in [4.78, 5) is 11.3. The number of carboxylic acid groups (broad SMARTS) is 1. The lowest BCUT2D eigenvalue weighted by molar-refractivity contribution is 0.153. The molecule has 2 N–H and O–H groups in total. The van der Waals surface area contributed by atoms with Gasteiger partial charge in [0.25, 0.3) is 0 Å². The number of methoxy groups -OCH3 is 1. The molecule has 6 heteroatoms. The number of nitrogens with zero attached hydrogens (tertiary/aromatic N) is 1. The Balaban J connectivity index is 2.79. The van der Waals surface area contributed by atoms with Crippen LogP contribution in [0.3, 0.4) is 0 Å². The van der Waals surface area contributed by atoms with Crippen LogP contribution >= 0.6 is 11.3 Å². The Bertz CT molecular complexity index is 383. The van der Waals surface area contributed by atoms with Crippen LogP contribution in [0.15, 0.2) is 11.4 Å². The van der Waals surface area contributed by atoms with E-state index in [1.165, 1.54) is 18.4 Å². The van der Waals surface area contributed by atoms with E-state index < -0.39 is 12.1 Å². The molecule has 1 amide bonds. The van der Waals surface area contributed by atoms with Crippen molar-refractivity contribution in [3.8, 4) is 6.07 Å². The Morgan fingerprint density at radius 2 is 2.60 bits per heavy atom. The van der Waals surface area contributed by atoms with E-state index in [-0.39, 0.29) is 6.61 Å². The third-order valence-electron chi connectivity index (χ3n) is 1.72. The van der Waals surface area contributed by atoms with Crippen molar-refractivity contribution in [2.75, 3.05) is 13.7 Å². The van der Waals surface area contributed by atoms with E-state index in [0.29, 0.717) is 5.56 Å². The topological polar surface area (TPSA) is 82.3 Å². The molecule has 0 aliphatic carbocycles. The van der Waals surface area contributed by atoms with Gasteiger partial charge in [-0.3, -0.25) is 0 Å². The molecule has 0 radical (unpaired) electrons. The first-order chi connectivity index (χ1) is 7.17. The zero-order valence-electron chi connectivity index (χ0n) is 8.06. The van der Waals surface area contributed by atoms with E-state index in [4.69, 9.17) is 15.1 Å². The molecule has 1 atom stereocenters. The van der Waals surface area contributed by atoms with Gasteiger partial charge in [0.2, 0.25) is 0 Å². The predicted molar refractivity (Wildman–Crippen MR) is 54.8 cm³/mol. The van der Waals surface area contributed by atoms with Crippen LogP contribution in [0.5, 0.6) is 0 Å². The molecule has 15 heavy (non-hydrogen) atoms. The number of rotatable bonds is 4. The zero-order chi connectivity index (χ0) is 11.3. The van der Waals surface area contributed by atoms with Crippen LogP contribution in [0.4, 0.5) is 4.79 Å². The Kier molecular flexibility index (Phi) is 4.09. The van der Waals surface area contributed by atoms with E-state index in [1.54, 1.807) is 11.4 Å². The maximum atomic E-state index is 10.5. The van der Waals surface area contributed by atoms with Crippen molar-refractivity contribution < 1.29 is 14.6 Å². The van der Waals surface area contributed by atoms with Crippen molar-refractivity contribution in [1.29, 1.82) is 5.26 Å². The Labute approximate surface area is 90.9 Å². The molecule has 80 valence electrons. The van der Waals surface area contributed by atoms with E-state index in [0.717, 1.165) is 4.88 Å². The summed E-state index contributed by atoms with van der Waals surface area (Å²) < 4.78 is 4.90. The monoisotopic (exact) mass is 226 g/mol. The molecule has 1 aromatic heterocycles. The van der Waals surface area contributed by atoms with Crippen molar-refractivity contribution >= 4 is 17.4 Å². The van der Waals surface area contributed by atoms with Crippen LogP contribution in [0.1, 0.15) is 16.5 Å². The number of nitrogens with one attached hydrogen (secondary N) is 1. The highest BCUT2D eigenvalue weighted by Crippen LogP contribution is 2.22. The van der Waals surface area contributed by atoms with Crippen molar-refractivity contribution in [3.63, 3.8) is 0 Å². The lowest BCUT2D eigenvalue weighted by Crippen LogP contribution is -2.29. The molecule has 0 saturated carbocycles. The Morgan fingerprint density at radius 3 is 3.07 bits per heavy atom. The minimum absolute atomic E-state index is 0.248. The first kappa shape index (κ1) is 11.5. The maximum Gasteiger partial charge on any atom is 0.405 e. The fourth-order valence-electron chi connectivity index (χ4n) is 1.10. The van der Waals surface area contributed by atoms with Gasteiger partial charge in [-0.1, -0.05) is 0 Å². The molecule has 0 unspecified atom stereocenters. The first-order valence-electron chi connectivity index (χ1n) is 4.14. The molecular weight excluding hydrogens is 216 g/mol. The summed E-state index contributed by atoms with van der Waals surface area (Å²) in [5.74, 6) is 0. The molecule has 0 bridgehead atoms. The van der Waals surface area contributed by atoms with Gasteiger partial charge >= 0.3 is 6.09 Å². The van der Waals surface area contributed by atoms with Crippen molar-refractivity contribution in [3.05, 3.63) is 21.9 Å². The lowest BCUT2D eigenvalue weighted by atomic mass is 10.2. The minimum atomic E-state index is -1.11. The second-order valence-electron chi connectivity index (χ2n) is 2.81. The van der Waals surface area contributed by atoms with Gasteiger partial charge in [0, 0.05) is 17.4 Å². The normalized spacial score (nSPS) is 11.7. The van der Waals surface area contributed by atoms with Gasteiger partial charge in [0.05, 0.1) is 18.2 Å². The number of thiophene rings is 1. The van der Waals surface area contributed by atoms with Crippen LogP contribution in [0.2, 0.25) is 0 Å². The van der Waals surface area contributed by atoms with Gasteiger partial charge in [-0.2, -0.15) is 5.26 Å². The zero-order valence-corrected chi connectivity index (χ0v) is 8.87. The lowest BCUT2D eigenvalue weighted by Gasteiger charge is -2.13. The molecule has 0 aromatic carbocycles. The fourth-order valence-corrected chi connectivity index (χ4v) is 1.97. The maximum absolute atomic E-state index is 10.5. The van der Waals surface area contributed by atoms with Crippen LogP contribution < -0.4 is 5.32 Å². The van der Waals surface area contributed by atoms with Crippen molar-refractivity contribution in [2.24, 2.45) is 0 Å². The minimum Gasteiger partial charge on any atom is -0.465 e. The summed E-state index contributed by atoms with van der Waals surface area (Å²) in [5.41, 5.74) is 0.531. The van der Waals surface area contributed by atoms with E-state index >= 15 is 0 Å². The highest BCUT2D eigenvalue weighted by molar-refractivity contribution is 7.10. The van der Waals surface area contributed by atoms with E-state index in [9.17, 15) is 4.79 Å². The molecule has 0 aliphatic heterocycles. The summed E-state index contributed by atoms with van der Waals surface area (Å²) in [6.07, 6.45) is -1.11. The number of ether oxygens (including phenoxy) is 1. The van der Waals surface area contributed by atoms with Gasteiger partial charge in [0.1, 0.15) is 6.07 Å². The molecule has 1 rings (SSSR count). The number of hydrogen-bond acceptors (Lipinski definition) is 4. The van der Waals surface area contributed by atoms with Gasteiger partial charge in [-0.25, -0.2) is 4.79 Å². The van der Waals surface area contributed by atoms with Crippen LogP contribution in [0.25, 0.3) is 0 Å². The highest BCUT2D eigenvalue weighted by Gasteiger charge is 2.15. The Hall–Kier alpha value is -1.58. The standard InChI is InChI=1S/C9H10N2O3S/c1-14-4-7(11-9(12)13)8-2-6(3-10)5-15-8/h2,5,7,11H,4H2,1H3,(H,12,13)/t7-/m1/s1. The number of nitriles is 1. The van der Waals surface area contributed by atoms with Gasteiger partial charge in [-0.05, 0) is 6.07 Å². The van der Waals surface area contributed by atoms with Gasteiger partial charge in [-0.15, -0.1) is 11.3 Å². The van der Waals surface area contributed by atoms with E-state index in [1.807, 2.05) is 6.07 Å². The van der Waals surface area contributed by atoms with Crippen LogP contribution in [-0.4, -0.2) is 24.9 Å². The predicted octanol–water partition coefficient (Wildman–Crippen LogP) is 1.57. The van der Waals surface area contributed by atoms with Gasteiger partial charge < -0.3 is 15.2 Å². The average molecular weight is 226 g/mol. The van der Waals surface area contributed by atoms with Crippen LogP contribution in [0, 0.1) is 11.3 Å². The highest BCUT2D eigenvalue weighted by atomic mass is 32.1. The van der Waals surface area contributed by atoms with E-state index in [2.05, 4.69) is 5.32 Å². The molecule has 1 aromatic rings. The number of carbonyl (C=O) groups is 1. The molecule has 1 heterocycles. The molecule has 5 nitrogen and oxygen atoms in total. The van der Waals surface area contributed by atoms with Gasteiger partial charge in [0.15, 0.2) is 0 Å². The molecule has 0 fully saturated rings. The summed E-state index contributed by atoms with van der Waals surface area (Å²) in [6, 6.07) is 3.23. The number of hydrogen-bond donors (Lipinski definition) is 2.